The Morgan fingerprint density at radius 1 is 1.10 bits per heavy atom. The van der Waals surface area contributed by atoms with E-state index in [1.807, 2.05) is 6.07 Å². The first-order valence-electron chi connectivity index (χ1n) is 10.6. The summed E-state index contributed by atoms with van der Waals surface area (Å²) in [6.45, 7) is 5.61. The molecule has 4 heteroatoms. The zero-order valence-electron chi connectivity index (χ0n) is 17.8. The van der Waals surface area contributed by atoms with Crippen molar-refractivity contribution >= 4 is 10.9 Å². The second-order valence-electron chi connectivity index (χ2n) is 8.31. The highest BCUT2D eigenvalue weighted by atomic mass is 16.5. The standard InChI is InChI=1S/C25H32N2O2/c1-19-15-23(19)26(2)16-21-17-27(13-8-14-28-3)22-11-7-12-24(25(21)22)29-18-20-9-5-4-6-10-20/h4-7,9-12,17,19,23H,8,13-16,18H2,1-3H3. The second kappa shape index (κ2) is 9.02. The van der Waals surface area contributed by atoms with Crippen molar-refractivity contribution in [2.24, 2.45) is 5.92 Å². The lowest BCUT2D eigenvalue weighted by molar-refractivity contribution is 0.190. The van der Waals surface area contributed by atoms with E-state index in [0.29, 0.717) is 12.6 Å². The highest BCUT2D eigenvalue weighted by Crippen LogP contribution is 2.37. The van der Waals surface area contributed by atoms with Gasteiger partial charge in [0.05, 0.1) is 5.52 Å². The van der Waals surface area contributed by atoms with Crippen molar-refractivity contribution in [2.75, 3.05) is 20.8 Å². The number of fused-ring (bicyclic) bond motifs is 1. The molecular formula is C25H32N2O2. The predicted molar refractivity (Wildman–Crippen MR) is 118 cm³/mol. The number of ether oxygens (including phenoxy) is 2. The van der Waals surface area contributed by atoms with E-state index in [-0.39, 0.29) is 0 Å². The lowest BCUT2D eigenvalue weighted by atomic mass is 10.1. The van der Waals surface area contributed by atoms with Crippen LogP contribution in [0.15, 0.2) is 54.7 Å². The van der Waals surface area contributed by atoms with Gasteiger partial charge in [0.1, 0.15) is 12.4 Å². The van der Waals surface area contributed by atoms with Crippen LogP contribution in [-0.4, -0.2) is 36.3 Å². The largest absolute Gasteiger partial charge is 0.488 e. The van der Waals surface area contributed by atoms with Gasteiger partial charge in [-0.15, -0.1) is 0 Å². The van der Waals surface area contributed by atoms with Gasteiger partial charge in [0, 0.05) is 44.4 Å². The third-order valence-corrected chi connectivity index (χ3v) is 5.98. The van der Waals surface area contributed by atoms with Gasteiger partial charge in [-0.25, -0.2) is 0 Å². The molecule has 1 saturated carbocycles. The van der Waals surface area contributed by atoms with E-state index in [2.05, 4.69) is 72.1 Å². The fraction of sp³-hybridized carbons (Fsp3) is 0.440. The molecule has 1 aliphatic rings. The number of rotatable bonds is 10. The molecule has 4 rings (SSSR count). The molecule has 0 saturated heterocycles. The van der Waals surface area contributed by atoms with E-state index < -0.39 is 0 Å². The van der Waals surface area contributed by atoms with E-state index >= 15 is 0 Å². The van der Waals surface area contributed by atoms with Gasteiger partial charge in [-0.3, -0.25) is 4.90 Å². The first kappa shape index (κ1) is 20.0. The number of hydrogen-bond acceptors (Lipinski definition) is 3. The minimum absolute atomic E-state index is 0.587. The van der Waals surface area contributed by atoms with Crippen molar-refractivity contribution in [1.29, 1.82) is 0 Å². The molecule has 2 atom stereocenters. The van der Waals surface area contributed by atoms with Crippen LogP contribution < -0.4 is 4.74 Å². The molecule has 154 valence electrons. The number of aromatic nitrogens is 1. The Bertz CT molecular complexity index is 935. The fourth-order valence-corrected chi connectivity index (χ4v) is 4.25. The van der Waals surface area contributed by atoms with Gasteiger partial charge in [0.2, 0.25) is 0 Å². The van der Waals surface area contributed by atoms with E-state index in [9.17, 15) is 0 Å². The summed E-state index contributed by atoms with van der Waals surface area (Å²) >= 11 is 0. The Hall–Kier alpha value is -2.30. The summed E-state index contributed by atoms with van der Waals surface area (Å²) in [6, 6.07) is 17.5. The Kier molecular flexibility index (Phi) is 6.22. The van der Waals surface area contributed by atoms with Gasteiger partial charge < -0.3 is 14.0 Å². The van der Waals surface area contributed by atoms with Crippen LogP contribution in [0.2, 0.25) is 0 Å². The van der Waals surface area contributed by atoms with Crippen LogP contribution in [0.3, 0.4) is 0 Å². The van der Waals surface area contributed by atoms with Crippen molar-refractivity contribution in [3.8, 4) is 5.75 Å². The lowest BCUT2D eigenvalue weighted by Gasteiger charge is -2.16. The van der Waals surface area contributed by atoms with Gasteiger partial charge in [0.25, 0.3) is 0 Å². The zero-order valence-corrected chi connectivity index (χ0v) is 17.8. The number of hydrogen-bond donors (Lipinski definition) is 0. The zero-order chi connectivity index (χ0) is 20.2. The molecule has 0 N–H and O–H groups in total. The molecule has 3 aromatic rings. The van der Waals surface area contributed by atoms with Gasteiger partial charge in [-0.2, -0.15) is 0 Å². The first-order valence-corrected chi connectivity index (χ1v) is 10.6. The molecule has 4 nitrogen and oxygen atoms in total. The van der Waals surface area contributed by atoms with Gasteiger partial charge in [-0.1, -0.05) is 43.3 Å². The fourth-order valence-electron chi connectivity index (χ4n) is 4.25. The van der Waals surface area contributed by atoms with E-state index in [0.717, 1.165) is 37.8 Å². The molecule has 0 bridgehead atoms. The number of methoxy groups -OCH3 is 1. The van der Waals surface area contributed by atoms with Crippen LogP contribution in [0.5, 0.6) is 5.75 Å². The minimum Gasteiger partial charge on any atom is -0.488 e. The van der Waals surface area contributed by atoms with Crippen LogP contribution in [0, 0.1) is 5.92 Å². The summed E-state index contributed by atoms with van der Waals surface area (Å²) in [4.78, 5) is 2.49. The molecule has 0 spiro atoms. The third-order valence-electron chi connectivity index (χ3n) is 5.98. The normalized spacial score (nSPS) is 18.5. The maximum absolute atomic E-state index is 6.31. The maximum atomic E-state index is 6.31. The number of nitrogens with zero attached hydrogens (tertiary/aromatic N) is 2. The molecule has 29 heavy (non-hydrogen) atoms. The van der Waals surface area contributed by atoms with Crippen molar-refractivity contribution in [1.82, 2.24) is 9.47 Å². The van der Waals surface area contributed by atoms with Crippen molar-refractivity contribution in [3.05, 3.63) is 65.9 Å². The molecule has 0 aliphatic heterocycles. The average Bonchev–Trinajstić information content (AvgIpc) is 3.38. The van der Waals surface area contributed by atoms with Crippen LogP contribution in [0.25, 0.3) is 10.9 Å². The Morgan fingerprint density at radius 2 is 1.90 bits per heavy atom. The molecule has 0 amide bonds. The quantitative estimate of drug-likeness (QED) is 0.449. The minimum atomic E-state index is 0.587. The van der Waals surface area contributed by atoms with Crippen LogP contribution >= 0.6 is 0 Å². The summed E-state index contributed by atoms with van der Waals surface area (Å²) in [6.07, 6.45) is 4.63. The molecular weight excluding hydrogens is 360 g/mol. The highest BCUT2D eigenvalue weighted by Gasteiger charge is 2.36. The Morgan fingerprint density at radius 3 is 2.62 bits per heavy atom. The second-order valence-corrected chi connectivity index (χ2v) is 8.31. The molecule has 2 aromatic carbocycles. The number of benzene rings is 2. The van der Waals surface area contributed by atoms with Gasteiger partial charge in [-0.05, 0) is 49.1 Å². The first-order chi connectivity index (χ1) is 14.2. The van der Waals surface area contributed by atoms with E-state index in [1.54, 1.807) is 7.11 Å². The summed E-state index contributed by atoms with van der Waals surface area (Å²) in [5, 5.41) is 1.25. The molecule has 2 unspecified atom stereocenters. The monoisotopic (exact) mass is 392 g/mol. The van der Waals surface area contributed by atoms with Crippen molar-refractivity contribution < 1.29 is 9.47 Å². The SMILES string of the molecule is COCCCn1cc(CN(C)C2CC2C)c2c(OCc3ccccc3)cccc21. The van der Waals surface area contributed by atoms with Crippen molar-refractivity contribution in [2.45, 2.75) is 45.5 Å². The topological polar surface area (TPSA) is 26.6 Å². The average molecular weight is 393 g/mol. The smallest absolute Gasteiger partial charge is 0.129 e. The van der Waals surface area contributed by atoms with Gasteiger partial charge in [0.15, 0.2) is 0 Å². The maximum Gasteiger partial charge on any atom is 0.129 e. The lowest BCUT2D eigenvalue weighted by Crippen LogP contribution is -2.21. The summed E-state index contributed by atoms with van der Waals surface area (Å²) in [7, 11) is 4.01. The molecule has 1 aliphatic carbocycles. The molecule has 1 heterocycles. The van der Waals surface area contributed by atoms with Crippen molar-refractivity contribution in [3.63, 3.8) is 0 Å². The Balaban J connectivity index is 1.63. The number of aryl methyl sites for hydroxylation is 1. The van der Waals surface area contributed by atoms with E-state index in [1.165, 1.54) is 28.5 Å². The third kappa shape index (κ3) is 4.65. The summed E-state index contributed by atoms with van der Waals surface area (Å²) in [5.41, 5.74) is 3.79. The molecule has 0 radical (unpaired) electrons. The molecule has 1 fully saturated rings. The van der Waals surface area contributed by atoms with Crippen LogP contribution in [-0.2, 0) is 24.4 Å². The summed E-state index contributed by atoms with van der Waals surface area (Å²) < 4.78 is 13.9. The Labute approximate surface area is 174 Å². The van der Waals surface area contributed by atoms with Crippen LogP contribution in [0.4, 0.5) is 0 Å². The van der Waals surface area contributed by atoms with Crippen LogP contribution in [0.1, 0.15) is 30.9 Å². The van der Waals surface area contributed by atoms with Gasteiger partial charge >= 0.3 is 0 Å². The summed E-state index contributed by atoms with van der Waals surface area (Å²) in [5.74, 6) is 1.79. The van der Waals surface area contributed by atoms with E-state index in [4.69, 9.17) is 9.47 Å². The highest BCUT2D eigenvalue weighted by molar-refractivity contribution is 5.90. The molecule has 1 aromatic heterocycles. The predicted octanol–water partition coefficient (Wildman–Crippen LogP) is 5.10.